The van der Waals surface area contributed by atoms with Gasteiger partial charge in [0.15, 0.2) is 6.29 Å². The average molecular weight is 289 g/mol. The molecule has 0 spiro atoms. The second-order valence-corrected chi connectivity index (χ2v) is 4.25. The molecule has 0 atom stereocenters. The Hall–Kier alpha value is -2.83. The van der Waals surface area contributed by atoms with Gasteiger partial charge in [-0.3, -0.25) is 9.59 Å². The van der Waals surface area contributed by atoms with E-state index in [1.54, 1.807) is 24.3 Å². The zero-order valence-corrected chi connectivity index (χ0v) is 11.4. The van der Waals surface area contributed by atoms with Crippen molar-refractivity contribution in [1.29, 1.82) is 0 Å². The monoisotopic (exact) mass is 289 g/mol. The van der Waals surface area contributed by atoms with Crippen LogP contribution in [-0.4, -0.2) is 33.7 Å². The van der Waals surface area contributed by atoms with Gasteiger partial charge in [-0.2, -0.15) is 5.10 Å². The Labute approximate surface area is 120 Å². The summed E-state index contributed by atoms with van der Waals surface area (Å²) < 4.78 is 6.59. The lowest BCUT2D eigenvalue weighted by atomic mass is 10.1. The minimum absolute atomic E-state index is 0.0219. The molecular formula is C14H15N3O4. The highest BCUT2D eigenvalue weighted by atomic mass is 16.5. The molecule has 0 amide bonds. The first-order chi connectivity index (χ1) is 10.1. The van der Waals surface area contributed by atoms with Crippen LogP contribution in [0.15, 0.2) is 24.3 Å². The number of aromatic nitrogens is 2. The molecule has 2 aromatic rings. The lowest BCUT2D eigenvalue weighted by Gasteiger charge is -2.08. The summed E-state index contributed by atoms with van der Waals surface area (Å²) in [5.41, 5.74) is 6.85. The molecule has 0 saturated heterocycles. The number of aldehydes is 1. The van der Waals surface area contributed by atoms with Crippen molar-refractivity contribution in [2.45, 2.75) is 13.5 Å². The first-order valence-corrected chi connectivity index (χ1v) is 6.34. The van der Waals surface area contributed by atoms with Crippen LogP contribution < -0.4 is 10.5 Å². The molecule has 7 nitrogen and oxygen atoms in total. The Kier molecular flexibility index (Phi) is 4.22. The van der Waals surface area contributed by atoms with Crippen molar-refractivity contribution in [1.82, 2.24) is 9.78 Å². The molecule has 0 saturated carbocycles. The van der Waals surface area contributed by atoms with Crippen LogP contribution in [0.2, 0.25) is 0 Å². The number of nitrogens with two attached hydrogens (primary N) is 1. The van der Waals surface area contributed by atoms with E-state index in [0.717, 1.165) is 4.68 Å². The number of aliphatic carboxylic acids is 1. The number of carbonyl (C=O) groups excluding carboxylic acids is 1. The van der Waals surface area contributed by atoms with Crippen molar-refractivity contribution in [3.05, 3.63) is 29.8 Å². The van der Waals surface area contributed by atoms with Gasteiger partial charge in [-0.1, -0.05) is 12.1 Å². The Morgan fingerprint density at radius 1 is 1.48 bits per heavy atom. The van der Waals surface area contributed by atoms with Crippen LogP contribution in [0.5, 0.6) is 5.75 Å². The van der Waals surface area contributed by atoms with E-state index >= 15 is 0 Å². The maximum absolute atomic E-state index is 11.3. The SMILES string of the molecule is CCOc1ccccc1-c1nn(CC(=O)O)c(N)c1C=O. The highest BCUT2D eigenvalue weighted by Gasteiger charge is 2.20. The maximum atomic E-state index is 11.3. The van der Waals surface area contributed by atoms with Crippen LogP contribution in [0.25, 0.3) is 11.3 Å². The molecule has 1 aromatic heterocycles. The summed E-state index contributed by atoms with van der Waals surface area (Å²) in [4.78, 5) is 22.1. The Bertz CT molecular complexity index is 679. The summed E-state index contributed by atoms with van der Waals surface area (Å²) in [6.07, 6.45) is 0.568. The molecule has 2 rings (SSSR count). The zero-order valence-electron chi connectivity index (χ0n) is 11.4. The number of nitrogen functional groups attached to an aromatic ring is 1. The molecule has 0 radical (unpaired) electrons. The van der Waals surface area contributed by atoms with Crippen molar-refractivity contribution in [2.24, 2.45) is 0 Å². The number of para-hydroxylation sites is 1. The van der Waals surface area contributed by atoms with Crippen LogP contribution in [-0.2, 0) is 11.3 Å². The number of nitrogens with zero attached hydrogens (tertiary/aromatic N) is 2. The quantitative estimate of drug-likeness (QED) is 0.779. The molecule has 0 fully saturated rings. The lowest BCUT2D eigenvalue weighted by molar-refractivity contribution is -0.137. The smallest absolute Gasteiger partial charge is 0.325 e. The fraction of sp³-hybridized carbons (Fsp3) is 0.214. The molecule has 7 heteroatoms. The van der Waals surface area contributed by atoms with Crippen molar-refractivity contribution < 1.29 is 19.4 Å². The summed E-state index contributed by atoms with van der Waals surface area (Å²) in [7, 11) is 0. The predicted octanol–water partition coefficient (Wildman–Crippen LogP) is 1.43. The standard InChI is InChI=1S/C14H15N3O4/c1-2-21-11-6-4-3-5-9(11)13-10(8-18)14(15)17(16-13)7-12(19)20/h3-6,8H,2,7,15H2,1H3,(H,19,20). The molecule has 0 aliphatic rings. The third-order valence-corrected chi connectivity index (χ3v) is 2.87. The molecule has 110 valence electrons. The summed E-state index contributed by atoms with van der Waals surface area (Å²) in [5, 5.41) is 13.0. The first kappa shape index (κ1) is 14.6. The number of hydrogen-bond acceptors (Lipinski definition) is 5. The fourth-order valence-electron chi connectivity index (χ4n) is 2.00. The summed E-state index contributed by atoms with van der Waals surface area (Å²) >= 11 is 0. The van der Waals surface area contributed by atoms with Crippen LogP contribution in [0, 0.1) is 0 Å². The first-order valence-electron chi connectivity index (χ1n) is 6.34. The summed E-state index contributed by atoms with van der Waals surface area (Å²) in [6.45, 7) is 1.89. The van der Waals surface area contributed by atoms with E-state index in [4.69, 9.17) is 15.6 Å². The minimum atomic E-state index is -1.09. The number of carbonyl (C=O) groups is 2. The van der Waals surface area contributed by atoms with Gasteiger partial charge in [0.05, 0.1) is 12.2 Å². The van der Waals surface area contributed by atoms with Crippen LogP contribution in [0.4, 0.5) is 5.82 Å². The third-order valence-electron chi connectivity index (χ3n) is 2.87. The predicted molar refractivity (Wildman–Crippen MR) is 76.3 cm³/mol. The van der Waals surface area contributed by atoms with Crippen molar-refractivity contribution in [2.75, 3.05) is 12.3 Å². The zero-order chi connectivity index (χ0) is 15.4. The topological polar surface area (TPSA) is 107 Å². The average Bonchev–Trinajstić information content (AvgIpc) is 2.75. The Morgan fingerprint density at radius 2 is 2.19 bits per heavy atom. The van der Waals surface area contributed by atoms with E-state index in [1.807, 2.05) is 6.92 Å². The number of anilines is 1. The summed E-state index contributed by atoms with van der Waals surface area (Å²) in [6, 6.07) is 7.07. The van der Waals surface area contributed by atoms with Gasteiger partial charge < -0.3 is 15.6 Å². The largest absolute Gasteiger partial charge is 0.493 e. The van der Waals surface area contributed by atoms with E-state index in [-0.39, 0.29) is 11.4 Å². The van der Waals surface area contributed by atoms with E-state index in [2.05, 4.69) is 5.10 Å². The second-order valence-electron chi connectivity index (χ2n) is 4.25. The lowest BCUT2D eigenvalue weighted by Crippen LogP contribution is -2.12. The number of carboxylic acid groups (broad SMARTS) is 1. The van der Waals surface area contributed by atoms with Gasteiger partial charge in [-0.15, -0.1) is 0 Å². The second kappa shape index (κ2) is 6.08. The van der Waals surface area contributed by atoms with Crippen LogP contribution in [0.1, 0.15) is 17.3 Å². The van der Waals surface area contributed by atoms with Gasteiger partial charge in [0.25, 0.3) is 0 Å². The van der Waals surface area contributed by atoms with Crippen molar-refractivity contribution in [3.8, 4) is 17.0 Å². The van der Waals surface area contributed by atoms with Gasteiger partial charge in [0, 0.05) is 5.56 Å². The molecule has 0 aliphatic carbocycles. The summed E-state index contributed by atoms with van der Waals surface area (Å²) in [5.74, 6) is -0.511. The van der Waals surface area contributed by atoms with Crippen LogP contribution in [0.3, 0.4) is 0 Å². The molecule has 3 N–H and O–H groups in total. The highest BCUT2D eigenvalue weighted by Crippen LogP contribution is 2.33. The molecule has 0 aliphatic heterocycles. The van der Waals surface area contributed by atoms with Crippen LogP contribution >= 0.6 is 0 Å². The normalized spacial score (nSPS) is 10.3. The molecule has 1 heterocycles. The third kappa shape index (κ3) is 2.86. The molecular weight excluding hydrogens is 274 g/mol. The van der Waals surface area contributed by atoms with E-state index in [9.17, 15) is 9.59 Å². The number of carboxylic acids is 1. The number of hydrogen-bond donors (Lipinski definition) is 2. The van der Waals surface area contributed by atoms with Gasteiger partial charge in [0.1, 0.15) is 23.8 Å². The van der Waals surface area contributed by atoms with E-state index in [0.29, 0.717) is 29.9 Å². The van der Waals surface area contributed by atoms with Crippen molar-refractivity contribution >= 4 is 18.1 Å². The maximum Gasteiger partial charge on any atom is 0.325 e. The Balaban J connectivity index is 2.58. The van der Waals surface area contributed by atoms with Gasteiger partial charge in [0.2, 0.25) is 0 Å². The number of rotatable bonds is 6. The van der Waals surface area contributed by atoms with Gasteiger partial charge in [-0.25, -0.2) is 4.68 Å². The van der Waals surface area contributed by atoms with E-state index < -0.39 is 12.5 Å². The number of ether oxygens (including phenoxy) is 1. The minimum Gasteiger partial charge on any atom is -0.493 e. The molecule has 1 aromatic carbocycles. The molecule has 21 heavy (non-hydrogen) atoms. The van der Waals surface area contributed by atoms with Gasteiger partial charge in [-0.05, 0) is 19.1 Å². The van der Waals surface area contributed by atoms with E-state index in [1.165, 1.54) is 0 Å². The fourth-order valence-corrected chi connectivity index (χ4v) is 2.00. The number of benzene rings is 1. The molecule has 0 unspecified atom stereocenters. The Morgan fingerprint density at radius 3 is 2.81 bits per heavy atom. The molecule has 0 bridgehead atoms. The highest BCUT2D eigenvalue weighted by molar-refractivity contribution is 5.93. The van der Waals surface area contributed by atoms with Gasteiger partial charge >= 0.3 is 5.97 Å². The van der Waals surface area contributed by atoms with Crippen molar-refractivity contribution in [3.63, 3.8) is 0 Å².